The maximum Gasteiger partial charge on any atom is 0.335 e. The van der Waals surface area contributed by atoms with Crippen LogP contribution in [-0.2, 0) is 14.3 Å². The summed E-state index contributed by atoms with van der Waals surface area (Å²) in [5, 5.41) is 11.3. The third-order valence-corrected chi connectivity index (χ3v) is 2.51. The van der Waals surface area contributed by atoms with Crippen LogP contribution >= 0.6 is 0 Å². The molecule has 0 bridgehead atoms. The second-order valence-electron chi connectivity index (χ2n) is 4.05. The monoisotopic (exact) mass is 297 g/mol. The molecule has 0 unspecified atom stereocenters. The maximum absolute atomic E-state index is 11.8. The minimum Gasteiger partial charge on any atom is -0.480 e. The van der Waals surface area contributed by atoms with Crippen molar-refractivity contribution in [2.24, 2.45) is 0 Å². The molecule has 8 nitrogen and oxygen atoms in total. The van der Waals surface area contributed by atoms with E-state index in [-0.39, 0.29) is 25.0 Å². The zero-order valence-corrected chi connectivity index (χ0v) is 11.3. The summed E-state index contributed by atoms with van der Waals surface area (Å²) in [6, 6.07) is 1.02. The van der Waals surface area contributed by atoms with E-state index in [0.717, 1.165) is 12.3 Å². The van der Waals surface area contributed by atoms with Gasteiger partial charge in [-0.3, -0.25) is 9.59 Å². The van der Waals surface area contributed by atoms with Gasteiger partial charge in [0.1, 0.15) is 12.3 Å². The molecular weight excluding hydrogens is 282 g/mol. The number of carboxylic acids is 1. The van der Waals surface area contributed by atoms with Crippen LogP contribution in [0.4, 0.5) is 0 Å². The number of carboxylic acid groups (broad SMARTS) is 1. The first-order valence-corrected chi connectivity index (χ1v) is 6.22. The third kappa shape index (κ3) is 5.47. The Morgan fingerprint density at radius 1 is 1.38 bits per heavy atom. The van der Waals surface area contributed by atoms with Gasteiger partial charge in [0.2, 0.25) is 0 Å². The topological polar surface area (TPSA) is 123 Å². The number of aliphatic carboxylic acids is 1. The molecule has 1 aromatic rings. The van der Waals surface area contributed by atoms with Crippen LogP contribution in [0.3, 0.4) is 0 Å². The molecule has 0 aromatic carbocycles. The molecule has 1 aromatic heterocycles. The quantitative estimate of drug-likeness (QED) is 0.687. The van der Waals surface area contributed by atoms with E-state index in [0.29, 0.717) is 0 Å². The van der Waals surface area contributed by atoms with Gasteiger partial charge >= 0.3 is 17.6 Å². The summed E-state index contributed by atoms with van der Waals surface area (Å²) in [5.74, 6) is -2.52. The summed E-state index contributed by atoms with van der Waals surface area (Å²) in [5.41, 5.74) is -0.611. The number of carbonyl (C=O) groups is 3. The highest BCUT2D eigenvalue weighted by Crippen LogP contribution is 2.03. The first-order chi connectivity index (χ1) is 9.93. The van der Waals surface area contributed by atoms with Gasteiger partial charge in [-0.25, -0.2) is 9.59 Å². The maximum atomic E-state index is 11.8. The van der Waals surface area contributed by atoms with Gasteiger partial charge < -0.3 is 19.6 Å². The average Bonchev–Trinajstić information content (AvgIpc) is 2.43. The summed E-state index contributed by atoms with van der Waals surface area (Å²) < 4.78 is 9.19. The van der Waals surface area contributed by atoms with Crippen LogP contribution < -0.4 is 10.9 Å². The van der Waals surface area contributed by atoms with Crippen molar-refractivity contribution >= 4 is 17.8 Å². The Morgan fingerprint density at radius 2 is 2.10 bits per heavy atom. The van der Waals surface area contributed by atoms with Crippen LogP contribution in [0.15, 0.2) is 27.6 Å². The second-order valence-corrected chi connectivity index (χ2v) is 4.05. The van der Waals surface area contributed by atoms with Crippen molar-refractivity contribution in [1.82, 2.24) is 5.32 Å². The minimum atomic E-state index is -1.27. The zero-order valence-electron chi connectivity index (χ0n) is 11.3. The lowest BCUT2D eigenvalue weighted by atomic mass is 10.1. The van der Waals surface area contributed by atoms with Gasteiger partial charge in [-0.15, -0.1) is 0 Å². The lowest BCUT2D eigenvalue weighted by molar-refractivity contribution is -0.144. The number of hydrogen-bond acceptors (Lipinski definition) is 6. The number of nitrogens with one attached hydrogen (secondary N) is 1. The molecule has 0 aliphatic rings. The number of esters is 1. The van der Waals surface area contributed by atoms with Crippen molar-refractivity contribution in [3.63, 3.8) is 0 Å². The van der Waals surface area contributed by atoms with E-state index in [1.54, 1.807) is 6.92 Å². The highest BCUT2D eigenvalue weighted by atomic mass is 16.5. The van der Waals surface area contributed by atoms with Crippen LogP contribution in [0.1, 0.15) is 30.1 Å². The number of hydrogen-bond donors (Lipinski definition) is 2. The lowest BCUT2D eigenvalue weighted by Gasteiger charge is -2.13. The highest BCUT2D eigenvalue weighted by Gasteiger charge is 2.22. The fourth-order valence-electron chi connectivity index (χ4n) is 1.48. The van der Waals surface area contributed by atoms with Crippen molar-refractivity contribution < 1.29 is 28.6 Å². The first kappa shape index (κ1) is 16.4. The summed E-state index contributed by atoms with van der Waals surface area (Å²) in [6.07, 6.45) is 0.702. The van der Waals surface area contributed by atoms with Gasteiger partial charge in [0.15, 0.2) is 0 Å². The van der Waals surface area contributed by atoms with Crippen LogP contribution in [0.2, 0.25) is 0 Å². The summed E-state index contributed by atoms with van der Waals surface area (Å²) in [6.45, 7) is 1.84. The molecule has 1 rings (SSSR count). The van der Waals surface area contributed by atoms with Crippen molar-refractivity contribution in [2.45, 2.75) is 25.8 Å². The molecule has 1 amide bonds. The van der Waals surface area contributed by atoms with Crippen LogP contribution in [0.5, 0.6) is 0 Å². The van der Waals surface area contributed by atoms with Gasteiger partial charge in [0, 0.05) is 12.5 Å². The van der Waals surface area contributed by atoms with Crippen molar-refractivity contribution in [3.05, 3.63) is 34.4 Å². The highest BCUT2D eigenvalue weighted by molar-refractivity contribution is 5.96. The van der Waals surface area contributed by atoms with E-state index in [1.807, 2.05) is 0 Å². The van der Waals surface area contributed by atoms with Gasteiger partial charge in [0.25, 0.3) is 5.91 Å². The Labute approximate surface area is 119 Å². The van der Waals surface area contributed by atoms with E-state index >= 15 is 0 Å². The normalized spacial score (nSPS) is 11.5. The molecule has 2 N–H and O–H groups in total. The van der Waals surface area contributed by atoms with E-state index in [1.165, 1.54) is 6.07 Å². The molecule has 114 valence electrons. The Kier molecular flexibility index (Phi) is 6.12. The van der Waals surface area contributed by atoms with Crippen molar-refractivity contribution in [1.29, 1.82) is 0 Å². The minimum absolute atomic E-state index is 0.0111. The van der Waals surface area contributed by atoms with E-state index in [9.17, 15) is 19.2 Å². The summed E-state index contributed by atoms with van der Waals surface area (Å²) in [7, 11) is 0. The third-order valence-electron chi connectivity index (χ3n) is 2.51. The smallest absolute Gasteiger partial charge is 0.335 e. The largest absolute Gasteiger partial charge is 0.480 e. The molecule has 1 heterocycles. The fraction of sp³-hybridized carbons (Fsp3) is 0.385. The van der Waals surface area contributed by atoms with E-state index in [4.69, 9.17) is 5.11 Å². The van der Waals surface area contributed by atoms with Gasteiger partial charge in [-0.1, -0.05) is 0 Å². The fourth-order valence-corrected chi connectivity index (χ4v) is 1.48. The standard InChI is InChI=1S/C13H15NO7/c1-2-20-10(15)6-4-9(13(18)19)14-12(17)8-3-5-11(16)21-7-8/h3,5,7,9H,2,4,6H2,1H3,(H,14,17)(H,18,19)/t9-/m0/s1. The Morgan fingerprint density at radius 3 is 2.62 bits per heavy atom. The molecular formula is C13H15NO7. The molecule has 0 saturated carbocycles. The van der Waals surface area contributed by atoms with Gasteiger partial charge in [-0.05, 0) is 19.4 Å². The molecule has 0 radical (unpaired) electrons. The predicted octanol–water partition coefficient (Wildman–Crippen LogP) is 0.166. The summed E-state index contributed by atoms with van der Waals surface area (Å²) >= 11 is 0. The molecule has 0 saturated heterocycles. The van der Waals surface area contributed by atoms with Crippen molar-refractivity contribution in [2.75, 3.05) is 6.61 Å². The Balaban J connectivity index is 2.63. The second kappa shape index (κ2) is 7.83. The molecule has 0 aliphatic heterocycles. The molecule has 0 fully saturated rings. The summed E-state index contributed by atoms with van der Waals surface area (Å²) in [4.78, 5) is 44.8. The van der Waals surface area contributed by atoms with Crippen LogP contribution in [0, 0.1) is 0 Å². The number of amides is 1. The number of ether oxygens (including phenoxy) is 1. The number of carbonyl (C=O) groups excluding carboxylic acids is 2. The SMILES string of the molecule is CCOC(=O)CC[C@H](NC(=O)c1ccc(=O)oc1)C(=O)O. The number of rotatable bonds is 7. The molecule has 21 heavy (non-hydrogen) atoms. The first-order valence-electron chi connectivity index (χ1n) is 6.22. The molecule has 0 spiro atoms. The average molecular weight is 297 g/mol. The predicted molar refractivity (Wildman–Crippen MR) is 69.7 cm³/mol. The van der Waals surface area contributed by atoms with Crippen LogP contribution in [0.25, 0.3) is 0 Å². The zero-order chi connectivity index (χ0) is 15.8. The van der Waals surface area contributed by atoms with E-state index < -0.39 is 29.5 Å². The molecule has 8 heteroatoms. The molecule has 1 atom stereocenters. The van der Waals surface area contributed by atoms with Crippen LogP contribution in [-0.4, -0.2) is 35.6 Å². The van der Waals surface area contributed by atoms with Gasteiger partial charge in [-0.2, -0.15) is 0 Å². The molecule has 0 aliphatic carbocycles. The van der Waals surface area contributed by atoms with Crippen molar-refractivity contribution in [3.8, 4) is 0 Å². The Hall–Kier alpha value is -2.64. The van der Waals surface area contributed by atoms with Gasteiger partial charge in [0.05, 0.1) is 12.2 Å². The van der Waals surface area contributed by atoms with E-state index in [2.05, 4.69) is 14.5 Å². The Bertz CT molecular complexity index is 558. The lowest BCUT2D eigenvalue weighted by Crippen LogP contribution is -2.41.